The van der Waals surface area contributed by atoms with Gasteiger partial charge in [0, 0.05) is 57.7 Å². The Morgan fingerprint density at radius 1 is 0.964 bits per heavy atom. The molecule has 2 fully saturated rings. The van der Waals surface area contributed by atoms with Gasteiger partial charge in [-0.25, -0.2) is 19.9 Å². The smallest absolute Gasteiger partial charge is 0.316 e. The van der Waals surface area contributed by atoms with Crippen LogP contribution in [0.4, 0.5) is 11.6 Å². The first-order valence-electron chi connectivity index (χ1n) is 9.72. The fourth-order valence-electron chi connectivity index (χ4n) is 3.57. The van der Waals surface area contributed by atoms with Crippen molar-refractivity contribution in [2.75, 3.05) is 55.7 Å². The minimum atomic E-state index is -0.0521. The lowest BCUT2D eigenvalue weighted by atomic mass is 10.3. The Balaban J connectivity index is 1.33. The molecule has 28 heavy (non-hydrogen) atoms. The second-order valence-electron chi connectivity index (χ2n) is 7.01. The monoisotopic (exact) mass is 383 g/mol. The molecular weight excluding hydrogens is 358 g/mol. The molecule has 148 valence electrons. The lowest BCUT2D eigenvalue weighted by molar-refractivity contribution is -0.133. The lowest BCUT2D eigenvalue weighted by Gasteiger charge is -2.35. The zero-order valence-electron chi connectivity index (χ0n) is 16.1. The number of carbonyl (C=O) groups is 1. The van der Waals surface area contributed by atoms with Gasteiger partial charge in [0.1, 0.15) is 17.5 Å². The van der Waals surface area contributed by atoms with Gasteiger partial charge in [0.2, 0.25) is 0 Å². The van der Waals surface area contributed by atoms with Crippen LogP contribution in [0.5, 0.6) is 6.01 Å². The van der Waals surface area contributed by atoms with Crippen LogP contribution in [-0.2, 0) is 4.79 Å². The third-order valence-electron chi connectivity index (χ3n) is 5.06. The first-order valence-corrected chi connectivity index (χ1v) is 9.72. The number of hydrogen-bond acceptors (Lipinski definition) is 8. The summed E-state index contributed by atoms with van der Waals surface area (Å²) in [6.07, 6.45) is 5.61. The third-order valence-corrected chi connectivity index (χ3v) is 5.06. The second kappa shape index (κ2) is 8.37. The van der Waals surface area contributed by atoms with E-state index in [1.807, 2.05) is 11.8 Å². The molecule has 0 bridgehead atoms. The van der Waals surface area contributed by atoms with Crippen molar-refractivity contribution in [1.82, 2.24) is 24.8 Å². The Kier molecular flexibility index (Phi) is 5.50. The van der Waals surface area contributed by atoms with Gasteiger partial charge in [0.15, 0.2) is 6.61 Å². The van der Waals surface area contributed by atoms with Gasteiger partial charge in [-0.3, -0.25) is 4.79 Å². The van der Waals surface area contributed by atoms with E-state index in [1.165, 1.54) is 12.8 Å². The number of ether oxygens (including phenoxy) is 1. The van der Waals surface area contributed by atoms with Gasteiger partial charge in [0.25, 0.3) is 5.91 Å². The molecule has 0 saturated carbocycles. The van der Waals surface area contributed by atoms with Gasteiger partial charge < -0.3 is 19.4 Å². The summed E-state index contributed by atoms with van der Waals surface area (Å²) in [4.78, 5) is 35.9. The van der Waals surface area contributed by atoms with Crippen LogP contribution in [0.2, 0.25) is 0 Å². The fraction of sp³-hybridized carbons (Fsp3) is 0.526. The predicted molar refractivity (Wildman–Crippen MR) is 105 cm³/mol. The molecule has 2 aliphatic rings. The summed E-state index contributed by atoms with van der Waals surface area (Å²) in [7, 11) is 0. The standard InChI is InChI=1S/C19H25N7O2/c1-15-22-16(24-7-2-3-8-24)13-17(23-15)25-9-11-26(12-10-25)18(27)14-28-19-20-5-4-6-21-19/h4-6,13H,2-3,7-12,14H2,1H3. The molecule has 0 spiro atoms. The minimum absolute atomic E-state index is 0.0459. The maximum absolute atomic E-state index is 12.4. The van der Waals surface area contributed by atoms with Gasteiger partial charge in [-0.2, -0.15) is 0 Å². The Hall–Kier alpha value is -2.97. The summed E-state index contributed by atoms with van der Waals surface area (Å²) >= 11 is 0. The summed E-state index contributed by atoms with van der Waals surface area (Å²) < 4.78 is 5.37. The van der Waals surface area contributed by atoms with Crippen LogP contribution in [0.3, 0.4) is 0 Å². The predicted octanol–water partition coefficient (Wildman–Crippen LogP) is 0.903. The van der Waals surface area contributed by atoms with Crippen LogP contribution in [0.15, 0.2) is 24.5 Å². The maximum atomic E-state index is 12.4. The minimum Gasteiger partial charge on any atom is -0.453 e. The van der Waals surface area contributed by atoms with Crippen molar-refractivity contribution in [3.63, 3.8) is 0 Å². The lowest BCUT2D eigenvalue weighted by Crippen LogP contribution is -2.50. The van der Waals surface area contributed by atoms with Crippen LogP contribution in [0.25, 0.3) is 0 Å². The van der Waals surface area contributed by atoms with Crippen LogP contribution in [0.1, 0.15) is 18.7 Å². The molecule has 2 aliphatic heterocycles. The fourth-order valence-corrected chi connectivity index (χ4v) is 3.57. The molecule has 0 N–H and O–H groups in total. The van der Waals surface area contributed by atoms with E-state index in [4.69, 9.17) is 4.74 Å². The van der Waals surface area contributed by atoms with Gasteiger partial charge in [0.05, 0.1) is 0 Å². The molecule has 0 aromatic carbocycles. The van der Waals surface area contributed by atoms with Crippen LogP contribution in [-0.4, -0.2) is 76.6 Å². The SMILES string of the molecule is Cc1nc(N2CCCC2)cc(N2CCN(C(=O)COc3ncccn3)CC2)n1. The molecule has 1 amide bonds. The molecule has 0 radical (unpaired) electrons. The Bertz CT molecular complexity index is 803. The van der Waals surface area contributed by atoms with E-state index in [0.717, 1.165) is 43.6 Å². The Morgan fingerprint density at radius 3 is 2.21 bits per heavy atom. The van der Waals surface area contributed by atoms with Crippen LogP contribution >= 0.6 is 0 Å². The molecule has 2 saturated heterocycles. The number of aromatic nitrogens is 4. The topological polar surface area (TPSA) is 87.6 Å². The largest absolute Gasteiger partial charge is 0.453 e. The molecule has 2 aromatic rings. The highest BCUT2D eigenvalue weighted by atomic mass is 16.5. The van der Waals surface area contributed by atoms with Crippen LogP contribution in [0, 0.1) is 6.92 Å². The molecule has 9 nitrogen and oxygen atoms in total. The van der Waals surface area contributed by atoms with E-state index in [1.54, 1.807) is 18.5 Å². The van der Waals surface area contributed by atoms with Crippen molar-refractivity contribution >= 4 is 17.5 Å². The van der Waals surface area contributed by atoms with E-state index < -0.39 is 0 Å². The highest BCUT2D eigenvalue weighted by Crippen LogP contribution is 2.23. The van der Waals surface area contributed by atoms with Crippen molar-refractivity contribution in [3.8, 4) is 6.01 Å². The number of anilines is 2. The summed E-state index contributed by atoms with van der Waals surface area (Å²) in [5.41, 5.74) is 0. The summed E-state index contributed by atoms with van der Waals surface area (Å²) in [5.74, 6) is 2.68. The molecule has 0 unspecified atom stereocenters. The van der Waals surface area contributed by atoms with E-state index in [-0.39, 0.29) is 18.5 Å². The number of nitrogens with zero attached hydrogens (tertiary/aromatic N) is 7. The maximum Gasteiger partial charge on any atom is 0.316 e. The number of hydrogen-bond donors (Lipinski definition) is 0. The van der Waals surface area contributed by atoms with E-state index >= 15 is 0 Å². The van der Waals surface area contributed by atoms with Crippen molar-refractivity contribution < 1.29 is 9.53 Å². The third kappa shape index (κ3) is 4.29. The van der Waals surface area contributed by atoms with Gasteiger partial charge in [-0.1, -0.05) is 0 Å². The van der Waals surface area contributed by atoms with Crippen molar-refractivity contribution in [3.05, 3.63) is 30.4 Å². The molecule has 2 aromatic heterocycles. The van der Waals surface area contributed by atoms with E-state index in [2.05, 4.69) is 35.8 Å². The Labute approximate surface area is 164 Å². The van der Waals surface area contributed by atoms with Crippen molar-refractivity contribution in [2.24, 2.45) is 0 Å². The number of piperazine rings is 1. The van der Waals surface area contributed by atoms with E-state index in [9.17, 15) is 4.79 Å². The summed E-state index contributed by atoms with van der Waals surface area (Å²) in [6.45, 7) is 6.76. The van der Waals surface area contributed by atoms with E-state index in [0.29, 0.717) is 13.1 Å². The molecule has 4 heterocycles. The summed E-state index contributed by atoms with van der Waals surface area (Å²) in [5, 5.41) is 0. The number of amides is 1. The zero-order chi connectivity index (χ0) is 19.3. The normalized spacial score (nSPS) is 17.1. The Morgan fingerprint density at radius 2 is 1.57 bits per heavy atom. The van der Waals surface area contributed by atoms with Gasteiger partial charge in [-0.15, -0.1) is 0 Å². The molecule has 4 rings (SSSR count). The van der Waals surface area contributed by atoms with Gasteiger partial charge in [-0.05, 0) is 25.8 Å². The van der Waals surface area contributed by atoms with Crippen molar-refractivity contribution in [2.45, 2.75) is 19.8 Å². The quantitative estimate of drug-likeness (QED) is 0.753. The number of aryl methyl sites for hydroxylation is 1. The average molecular weight is 383 g/mol. The molecule has 9 heteroatoms. The first-order chi connectivity index (χ1) is 13.7. The zero-order valence-corrected chi connectivity index (χ0v) is 16.1. The second-order valence-corrected chi connectivity index (χ2v) is 7.01. The molecule has 0 atom stereocenters. The summed E-state index contributed by atoms with van der Waals surface area (Å²) in [6, 6.07) is 4.00. The number of carbonyl (C=O) groups excluding carboxylic acids is 1. The highest BCUT2D eigenvalue weighted by molar-refractivity contribution is 5.78. The first kappa shape index (κ1) is 18.4. The molecular formula is C19H25N7O2. The van der Waals surface area contributed by atoms with Crippen LogP contribution < -0.4 is 14.5 Å². The molecule has 0 aliphatic carbocycles. The number of rotatable bonds is 5. The highest BCUT2D eigenvalue weighted by Gasteiger charge is 2.24. The van der Waals surface area contributed by atoms with Crippen molar-refractivity contribution in [1.29, 1.82) is 0 Å². The average Bonchev–Trinajstić information content (AvgIpc) is 3.27. The van der Waals surface area contributed by atoms with Gasteiger partial charge >= 0.3 is 6.01 Å².